The van der Waals surface area contributed by atoms with Gasteiger partial charge < -0.3 is 18.5 Å². The Hall–Kier alpha value is -1.60. The second kappa shape index (κ2) is 8.19. The first-order valence-electron chi connectivity index (χ1n) is 9.17. The van der Waals surface area contributed by atoms with Gasteiger partial charge in [0.25, 0.3) is 0 Å². The number of carbonyl (C=O) groups is 1. The Morgan fingerprint density at radius 2 is 1.68 bits per heavy atom. The summed E-state index contributed by atoms with van der Waals surface area (Å²) in [6.07, 6.45) is 4.94. The van der Waals surface area contributed by atoms with E-state index in [9.17, 15) is 9.59 Å². The van der Waals surface area contributed by atoms with Gasteiger partial charge in [0, 0.05) is 0 Å². The van der Waals surface area contributed by atoms with Crippen molar-refractivity contribution in [2.45, 2.75) is 39.2 Å². The first-order valence-corrected chi connectivity index (χ1v) is 9.17. The molecule has 1 aromatic heterocycles. The largest absolute Gasteiger partial charge is 0.519 e. The van der Waals surface area contributed by atoms with E-state index in [1.54, 1.807) is 6.92 Å². The Bertz CT molecular complexity index is 622. The van der Waals surface area contributed by atoms with Gasteiger partial charge in [-0.3, -0.25) is 9.69 Å². The molecule has 140 valence electrons. The molecule has 0 spiro atoms. The van der Waals surface area contributed by atoms with Gasteiger partial charge in [-0.1, -0.05) is 0 Å². The molecule has 0 unspecified atom stereocenters. The zero-order valence-corrected chi connectivity index (χ0v) is 15.2. The Morgan fingerprint density at radius 1 is 1.08 bits per heavy atom. The number of likely N-dealkylation sites (tertiary alicyclic amines) is 2. The van der Waals surface area contributed by atoms with E-state index in [-0.39, 0.29) is 18.3 Å². The molecule has 2 aliphatic rings. The minimum Gasteiger partial charge on any atom is -0.456 e. The van der Waals surface area contributed by atoms with Crippen molar-refractivity contribution in [1.82, 2.24) is 9.80 Å². The van der Waals surface area contributed by atoms with Crippen molar-refractivity contribution in [1.29, 1.82) is 0 Å². The topological polar surface area (TPSA) is 76.1 Å². The standard InChI is InChI=1S/C18H28N2O5/c1-13-16(25-18(22)24-13)12-23-17(21)11-20-9-5-15(6-10-20)14-3-7-19(2)8-4-14/h14-15H,3-12H2,1-2H3. The summed E-state index contributed by atoms with van der Waals surface area (Å²) < 4.78 is 14.8. The molecule has 0 amide bonds. The number of esters is 1. The number of rotatable bonds is 5. The third kappa shape index (κ3) is 4.95. The Kier molecular flexibility index (Phi) is 5.96. The zero-order chi connectivity index (χ0) is 17.8. The molecule has 25 heavy (non-hydrogen) atoms. The predicted molar refractivity (Wildman–Crippen MR) is 91.2 cm³/mol. The minimum absolute atomic E-state index is 0.0531. The van der Waals surface area contributed by atoms with Crippen molar-refractivity contribution in [2.24, 2.45) is 11.8 Å². The van der Waals surface area contributed by atoms with E-state index < -0.39 is 5.82 Å². The normalized spacial score (nSPS) is 21.5. The van der Waals surface area contributed by atoms with Crippen molar-refractivity contribution in [2.75, 3.05) is 39.8 Å². The Balaban J connectivity index is 1.37. The second-order valence-corrected chi connectivity index (χ2v) is 7.35. The summed E-state index contributed by atoms with van der Waals surface area (Å²) in [5.41, 5.74) is 0. The average molecular weight is 352 g/mol. The quantitative estimate of drug-likeness (QED) is 0.746. The van der Waals surface area contributed by atoms with E-state index in [2.05, 4.69) is 16.8 Å². The summed E-state index contributed by atoms with van der Waals surface area (Å²) in [5.74, 6) is 1.22. The molecule has 0 saturated carbocycles. The van der Waals surface area contributed by atoms with Crippen LogP contribution in [0, 0.1) is 18.8 Å². The van der Waals surface area contributed by atoms with Crippen LogP contribution in [0.3, 0.4) is 0 Å². The lowest BCUT2D eigenvalue weighted by Crippen LogP contribution is -2.41. The predicted octanol–water partition coefficient (Wildman–Crippen LogP) is 1.64. The van der Waals surface area contributed by atoms with E-state index >= 15 is 0 Å². The summed E-state index contributed by atoms with van der Waals surface area (Å²) >= 11 is 0. The van der Waals surface area contributed by atoms with Crippen molar-refractivity contribution < 1.29 is 18.4 Å². The molecular weight excluding hydrogens is 324 g/mol. The SMILES string of the molecule is Cc1oc(=O)oc1COC(=O)CN1CCC(C2CCN(C)CC2)CC1. The number of piperidine rings is 2. The molecule has 1 aromatic rings. The average Bonchev–Trinajstić information content (AvgIpc) is 2.92. The number of carbonyl (C=O) groups excluding carboxylic acids is 1. The van der Waals surface area contributed by atoms with Gasteiger partial charge in [0.2, 0.25) is 0 Å². The molecule has 0 N–H and O–H groups in total. The first-order chi connectivity index (χ1) is 12.0. The van der Waals surface area contributed by atoms with Crippen LogP contribution in [0.5, 0.6) is 0 Å². The lowest BCUT2D eigenvalue weighted by molar-refractivity contribution is -0.147. The molecule has 3 heterocycles. The summed E-state index contributed by atoms with van der Waals surface area (Å²) in [6, 6.07) is 0. The van der Waals surface area contributed by atoms with Gasteiger partial charge in [0.05, 0.1) is 6.54 Å². The van der Waals surface area contributed by atoms with Gasteiger partial charge >= 0.3 is 11.8 Å². The monoisotopic (exact) mass is 352 g/mol. The summed E-state index contributed by atoms with van der Waals surface area (Å²) in [5, 5.41) is 0. The molecule has 3 rings (SSSR count). The molecular formula is C18H28N2O5. The highest BCUT2D eigenvalue weighted by Gasteiger charge is 2.29. The fourth-order valence-corrected chi connectivity index (χ4v) is 3.96. The highest BCUT2D eigenvalue weighted by atomic mass is 16.6. The third-order valence-corrected chi connectivity index (χ3v) is 5.61. The molecule has 2 fully saturated rings. The number of aryl methyl sites for hydroxylation is 1. The smallest absolute Gasteiger partial charge is 0.456 e. The van der Waals surface area contributed by atoms with Gasteiger partial charge in [-0.2, -0.15) is 0 Å². The first kappa shape index (κ1) is 18.2. The number of hydrogen-bond acceptors (Lipinski definition) is 7. The van der Waals surface area contributed by atoms with Gasteiger partial charge in [0.1, 0.15) is 0 Å². The zero-order valence-electron chi connectivity index (χ0n) is 15.2. The van der Waals surface area contributed by atoms with Crippen LogP contribution in [0.15, 0.2) is 13.6 Å². The van der Waals surface area contributed by atoms with E-state index in [1.165, 1.54) is 25.9 Å². The molecule has 7 heteroatoms. The second-order valence-electron chi connectivity index (χ2n) is 7.35. The Morgan fingerprint density at radius 3 is 2.24 bits per heavy atom. The van der Waals surface area contributed by atoms with Crippen LogP contribution in [0.4, 0.5) is 0 Å². The molecule has 2 aliphatic heterocycles. The maximum Gasteiger partial charge on any atom is 0.519 e. The number of nitrogens with zero attached hydrogens (tertiary/aromatic N) is 2. The van der Waals surface area contributed by atoms with Crippen LogP contribution in [0.2, 0.25) is 0 Å². The summed E-state index contributed by atoms with van der Waals surface area (Å²) in [7, 11) is 2.20. The highest BCUT2D eigenvalue weighted by molar-refractivity contribution is 5.71. The number of hydrogen-bond donors (Lipinski definition) is 0. The fourth-order valence-electron chi connectivity index (χ4n) is 3.96. The van der Waals surface area contributed by atoms with Crippen molar-refractivity contribution in [3.63, 3.8) is 0 Å². The van der Waals surface area contributed by atoms with Crippen molar-refractivity contribution >= 4 is 5.97 Å². The molecule has 0 bridgehead atoms. The van der Waals surface area contributed by atoms with Gasteiger partial charge in [-0.05, 0) is 77.7 Å². The van der Waals surface area contributed by atoms with E-state index in [0.29, 0.717) is 12.3 Å². The molecule has 7 nitrogen and oxygen atoms in total. The van der Waals surface area contributed by atoms with E-state index in [0.717, 1.165) is 37.8 Å². The molecule has 0 atom stereocenters. The van der Waals surface area contributed by atoms with Crippen LogP contribution in [0.1, 0.15) is 37.2 Å². The summed E-state index contributed by atoms with van der Waals surface area (Å²) in [4.78, 5) is 27.5. The van der Waals surface area contributed by atoms with Crippen LogP contribution >= 0.6 is 0 Å². The maximum absolute atomic E-state index is 12.0. The maximum atomic E-state index is 12.0. The van der Waals surface area contributed by atoms with E-state index in [4.69, 9.17) is 13.6 Å². The molecule has 0 aliphatic carbocycles. The van der Waals surface area contributed by atoms with Gasteiger partial charge in [-0.15, -0.1) is 0 Å². The third-order valence-electron chi connectivity index (χ3n) is 5.61. The highest BCUT2D eigenvalue weighted by Crippen LogP contribution is 2.32. The number of ether oxygens (including phenoxy) is 1. The van der Waals surface area contributed by atoms with E-state index in [1.807, 2.05) is 0 Å². The lowest BCUT2D eigenvalue weighted by Gasteiger charge is -2.39. The minimum atomic E-state index is -0.764. The molecule has 0 aromatic carbocycles. The fraction of sp³-hybridized carbons (Fsp3) is 0.778. The lowest BCUT2D eigenvalue weighted by atomic mass is 9.79. The van der Waals surface area contributed by atoms with Crippen molar-refractivity contribution in [3.8, 4) is 0 Å². The van der Waals surface area contributed by atoms with Gasteiger partial charge in [-0.25, -0.2) is 4.79 Å². The molecule has 0 radical (unpaired) electrons. The van der Waals surface area contributed by atoms with Crippen molar-refractivity contribution in [3.05, 3.63) is 22.1 Å². The summed E-state index contributed by atoms with van der Waals surface area (Å²) in [6.45, 7) is 6.17. The van der Waals surface area contributed by atoms with Crippen LogP contribution < -0.4 is 5.82 Å². The van der Waals surface area contributed by atoms with Crippen LogP contribution in [-0.2, 0) is 16.1 Å². The van der Waals surface area contributed by atoms with Gasteiger partial charge in [0.15, 0.2) is 18.1 Å². The Labute approximate surface area is 147 Å². The molecule has 2 saturated heterocycles. The van der Waals surface area contributed by atoms with Crippen LogP contribution in [-0.4, -0.2) is 55.5 Å². The van der Waals surface area contributed by atoms with Crippen LogP contribution in [0.25, 0.3) is 0 Å².